The summed E-state index contributed by atoms with van der Waals surface area (Å²) in [6, 6.07) is 0. The van der Waals surface area contributed by atoms with Gasteiger partial charge in [-0.05, 0) is 96.3 Å². The molecule has 63 heavy (non-hydrogen) atoms. The number of allylic oxidation sites excluding steroid dienone is 14. The number of esters is 3. The van der Waals surface area contributed by atoms with Crippen molar-refractivity contribution in [2.45, 2.75) is 245 Å². The highest BCUT2D eigenvalue weighted by atomic mass is 16.6. The third-order valence-corrected chi connectivity index (χ3v) is 10.9. The Morgan fingerprint density at radius 2 is 0.683 bits per heavy atom. The van der Waals surface area contributed by atoms with Gasteiger partial charge >= 0.3 is 17.9 Å². The fourth-order valence-corrected chi connectivity index (χ4v) is 7.01. The van der Waals surface area contributed by atoms with Gasteiger partial charge in [-0.25, -0.2) is 0 Å². The lowest BCUT2D eigenvalue weighted by Crippen LogP contribution is -2.30. The van der Waals surface area contributed by atoms with Crippen molar-refractivity contribution in [3.63, 3.8) is 0 Å². The van der Waals surface area contributed by atoms with Gasteiger partial charge in [-0.1, -0.05) is 209 Å². The van der Waals surface area contributed by atoms with Gasteiger partial charge in [0.2, 0.25) is 0 Å². The van der Waals surface area contributed by atoms with Crippen LogP contribution in [-0.2, 0) is 28.6 Å². The summed E-state index contributed by atoms with van der Waals surface area (Å²) in [6.07, 6.45) is 65.6. The van der Waals surface area contributed by atoms with Gasteiger partial charge in [-0.3, -0.25) is 14.4 Å². The summed E-state index contributed by atoms with van der Waals surface area (Å²) < 4.78 is 16.8. The maximum Gasteiger partial charge on any atom is 0.306 e. The second-order valence-corrected chi connectivity index (χ2v) is 17.1. The Labute approximate surface area is 388 Å². The van der Waals surface area contributed by atoms with Crippen LogP contribution in [-0.4, -0.2) is 37.2 Å². The van der Waals surface area contributed by atoms with E-state index < -0.39 is 6.10 Å². The Bertz CT molecular complexity index is 1240. The van der Waals surface area contributed by atoms with Gasteiger partial charge in [0.25, 0.3) is 0 Å². The third kappa shape index (κ3) is 49.5. The summed E-state index contributed by atoms with van der Waals surface area (Å²) in [4.78, 5) is 38.0. The summed E-state index contributed by atoms with van der Waals surface area (Å²) in [7, 11) is 0. The first-order valence-electron chi connectivity index (χ1n) is 26.1. The summed E-state index contributed by atoms with van der Waals surface area (Å²) in [5.41, 5.74) is 0. The van der Waals surface area contributed by atoms with Gasteiger partial charge in [0, 0.05) is 19.3 Å². The molecule has 0 N–H and O–H groups in total. The van der Waals surface area contributed by atoms with Crippen molar-refractivity contribution in [2.24, 2.45) is 0 Å². The van der Waals surface area contributed by atoms with Gasteiger partial charge in [-0.2, -0.15) is 0 Å². The standard InChI is InChI=1S/C57H96O6/c1-4-7-10-13-16-19-22-25-27-28-30-32-35-38-41-44-47-50-56(59)62-53-54(52-61-55(58)49-46-43-40-37-34-31-24-21-18-15-12-9-6-3)63-57(60)51-48-45-42-39-36-33-29-26-23-20-17-14-11-8-5-2/h9,12,15-16,18-21,23-25,27,31,34,54H,4-8,10-11,13-14,17,22,26,28-30,32-33,35-53H2,1-3H3/b12-9+,18-15+,19-16+,23-20+,24-21+,27-25+,34-31+. The Morgan fingerprint density at radius 3 is 1.16 bits per heavy atom. The van der Waals surface area contributed by atoms with Crippen molar-refractivity contribution in [3.05, 3.63) is 85.1 Å². The van der Waals surface area contributed by atoms with Crippen LogP contribution in [0.4, 0.5) is 0 Å². The molecule has 0 aliphatic rings. The van der Waals surface area contributed by atoms with Gasteiger partial charge in [0.15, 0.2) is 6.10 Å². The second kappa shape index (κ2) is 51.2. The van der Waals surface area contributed by atoms with Crippen molar-refractivity contribution in [1.82, 2.24) is 0 Å². The van der Waals surface area contributed by atoms with E-state index >= 15 is 0 Å². The number of unbranched alkanes of at least 4 members (excludes halogenated alkanes) is 24. The zero-order chi connectivity index (χ0) is 45.8. The first kappa shape index (κ1) is 59.6. The fourth-order valence-electron chi connectivity index (χ4n) is 7.01. The van der Waals surface area contributed by atoms with E-state index in [1.807, 2.05) is 36.5 Å². The van der Waals surface area contributed by atoms with E-state index in [9.17, 15) is 14.4 Å². The Morgan fingerprint density at radius 1 is 0.349 bits per heavy atom. The molecule has 0 saturated heterocycles. The van der Waals surface area contributed by atoms with Crippen LogP contribution < -0.4 is 0 Å². The Balaban J connectivity index is 4.45. The van der Waals surface area contributed by atoms with E-state index in [1.165, 1.54) is 116 Å². The van der Waals surface area contributed by atoms with Crippen molar-refractivity contribution in [1.29, 1.82) is 0 Å². The first-order chi connectivity index (χ1) is 31.0. The summed E-state index contributed by atoms with van der Waals surface area (Å²) >= 11 is 0. The minimum atomic E-state index is -0.798. The molecule has 1 atom stereocenters. The van der Waals surface area contributed by atoms with Crippen molar-refractivity contribution in [2.75, 3.05) is 13.2 Å². The molecule has 0 aromatic rings. The molecule has 6 heteroatoms. The summed E-state index contributed by atoms with van der Waals surface area (Å²) in [5, 5.41) is 0. The molecular formula is C57H96O6. The largest absolute Gasteiger partial charge is 0.462 e. The number of carbonyl (C=O) groups excluding carboxylic acids is 3. The van der Waals surface area contributed by atoms with Crippen molar-refractivity contribution < 1.29 is 28.6 Å². The first-order valence-corrected chi connectivity index (χ1v) is 26.1. The SMILES string of the molecule is CC/C=C/C=C/C=C/C=C/CCCCCC(=O)OCC(COC(=O)CCCCCCCCC/C=C/C/C=C/CCCCC)OC(=O)CCCCCCCCC/C=C/CCCCCC. The molecule has 1 unspecified atom stereocenters. The maximum atomic E-state index is 12.8. The van der Waals surface area contributed by atoms with Crippen LogP contribution in [0.3, 0.4) is 0 Å². The minimum Gasteiger partial charge on any atom is -0.462 e. The summed E-state index contributed by atoms with van der Waals surface area (Å²) in [5.74, 6) is -0.948. The van der Waals surface area contributed by atoms with E-state index in [1.54, 1.807) is 0 Å². The number of carbonyl (C=O) groups is 3. The van der Waals surface area contributed by atoms with Crippen molar-refractivity contribution >= 4 is 17.9 Å². The zero-order valence-electron chi connectivity index (χ0n) is 41.1. The lowest BCUT2D eigenvalue weighted by Gasteiger charge is -2.18. The molecule has 0 rings (SSSR count). The minimum absolute atomic E-state index is 0.0956. The fraction of sp³-hybridized carbons (Fsp3) is 0.702. The molecule has 6 nitrogen and oxygen atoms in total. The van der Waals surface area contributed by atoms with Gasteiger partial charge < -0.3 is 14.2 Å². The normalized spacial score (nSPS) is 12.7. The van der Waals surface area contributed by atoms with Crippen molar-refractivity contribution in [3.8, 4) is 0 Å². The molecule has 0 aromatic carbocycles. The number of hydrogen-bond acceptors (Lipinski definition) is 6. The molecule has 0 aliphatic heterocycles. The molecule has 360 valence electrons. The van der Waals surface area contributed by atoms with E-state index in [4.69, 9.17) is 14.2 Å². The average Bonchev–Trinajstić information content (AvgIpc) is 3.28. The highest BCUT2D eigenvalue weighted by Gasteiger charge is 2.19. The molecule has 0 bridgehead atoms. The van der Waals surface area contributed by atoms with Crippen LogP contribution in [0.5, 0.6) is 0 Å². The smallest absolute Gasteiger partial charge is 0.306 e. The highest BCUT2D eigenvalue weighted by molar-refractivity contribution is 5.71. The molecule has 0 spiro atoms. The second-order valence-electron chi connectivity index (χ2n) is 17.1. The molecule has 0 fully saturated rings. The van der Waals surface area contributed by atoms with Crippen LogP contribution in [0.25, 0.3) is 0 Å². The van der Waals surface area contributed by atoms with Crippen LogP contribution in [0.15, 0.2) is 85.1 Å². The highest BCUT2D eigenvalue weighted by Crippen LogP contribution is 2.14. The van der Waals surface area contributed by atoms with Crippen LogP contribution in [0.2, 0.25) is 0 Å². The van der Waals surface area contributed by atoms with E-state index in [2.05, 4.69) is 69.4 Å². The molecule has 0 radical (unpaired) electrons. The lowest BCUT2D eigenvalue weighted by molar-refractivity contribution is -0.167. The van der Waals surface area contributed by atoms with E-state index in [-0.39, 0.29) is 31.1 Å². The number of ether oxygens (including phenoxy) is 3. The number of hydrogen-bond donors (Lipinski definition) is 0. The van der Waals surface area contributed by atoms with E-state index in [0.717, 1.165) is 83.5 Å². The molecule has 0 aliphatic carbocycles. The Kier molecular flexibility index (Phi) is 48.5. The van der Waals surface area contributed by atoms with Gasteiger partial charge in [0.05, 0.1) is 0 Å². The van der Waals surface area contributed by atoms with Crippen LogP contribution in [0, 0.1) is 0 Å². The Hall–Kier alpha value is -3.41. The molecular weight excluding hydrogens is 781 g/mol. The maximum absolute atomic E-state index is 12.8. The zero-order valence-corrected chi connectivity index (χ0v) is 41.1. The van der Waals surface area contributed by atoms with Gasteiger partial charge in [-0.15, -0.1) is 0 Å². The monoisotopic (exact) mass is 877 g/mol. The molecule has 0 heterocycles. The molecule has 0 amide bonds. The molecule has 0 aromatic heterocycles. The summed E-state index contributed by atoms with van der Waals surface area (Å²) in [6.45, 7) is 6.41. The topological polar surface area (TPSA) is 78.9 Å². The predicted molar refractivity (Wildman–Crippen MR) is 270 cm³/mol. The average molecular weight is 877 g/mol. The van der Waals surface area contributed by atoms with Crippen LogP contribution in [0.1, 0.15) is 239 Å². The quantitative estimate of drug-likeness (QED) is 0.0199. The van der Waals surface area contributed by atoms with Crippen LogP contribution >= 0.6 is 0 Å². The lowest BCUT2D eigenvalue weighted by atomic mass is 10.1. The molecule has 0 saturated carbocycles. The predicted octanol–water partition coefficient (Wildman–Crippen LogP) is 17.2. The van der Waals surface area contributed by atoms with Gasteiger partial charge in [0.1, 0.15) is 13.2 Å². The third-order valence-electron chi connectivity index (χ3n) is 10.9. The van der Waals surface area contributed by atoms with E-state index in [0.29, 0.717) is 19.3 Å². The number of rotatable bonds is 46.